The monoisotopic (exact) mass is 270 g/mol. The van der Waals surface area contributed by atoms with Gasteiger partial charge in [-0.3, -0.25) is 0 Å². The van der Waals surface area contributed by atoms with Crippen LogP contribution in [0.4, 0.5) is 11.4 Å². The Morgan fingerprint density at radius 3 is 2.56 bits per heavy atom. The summed E-state index contributed by atoms with van der Waals surface area (Å²) in [4.78, 5) is 13.3. The SMILES string of the molecule is CCN(CC(C)C)c1c(Cl)cc(N)cc1C(=O)O. The third-order valence-corrected chi connectivity index (χ3v) is 2.89. The molecule has 0 saturated heterocycles. The fourth-order valence-corrected chi connectivity index (χ4v) is 2.27. The first-order valence-electron chi connectivity index (χ1n) is 5.94. The second-order valence-electron chi connectivity index (χ2n) is 4.64. The molecule has 0 fully saturated rings. The average Bonchev–Trinajstić information content (AvgIpc) is 2.25. The van der Waals surface area contributed by atoms with Crippen LogP contribution in [0.1, 0.15) is 31.1 Å². The van der Waals surface area contributed by atoms with Crippen molar-refractivity contribution in [2.45, 2.75) is 20.8 Å². The molecule has 0 amide bonds. The Hall–Kier alpha value is -1.42. The lowest BCUT2D eigenvalue weighted by atomic mass is 10.1. The molecule has 1 aromatic carbocycles. The van der Waals surface area contributed by atoms with Crippen LogP contribution in [0.5, 0.6) is 0 Å². The fraction of sp³-hybridized carbons (Fsp3) is 0.462. The van der Waals surface area contributed by atoms with Crippen LogP contribution in [0, 0.1) is 5.92 Å². The highest BCUT2D eigenvalue weighted by molar-refractivity contribution is 6.34. The van der Waals surface area contributed by atoms with Gasteiger partial charge in [0, 0.05) is 18.8 Å². The van der Waals surface area contributed by atoms with E-state index in [0.717, 1.165) is 6.54 Å². The van der Waals surface area contributed by atoms with Crippen molar-refractivity contribution in [3.05, 3.63) is 22.7 Å². The Labute approximate surface area is 112 Å². The van der Waals surface area contributed by atoms with E-state index in [1.54, 1.807) is 6.07 Å². The Morgan fingerprint density at radius 2 is 2.11 bits per heavy atom. The van der Waals surface area contributed by atoms with Crippen LogP contribution in [0.15, 0.2) is 12.1 Å². The molecular weight excluding hydrogens is 252 g/mol. The topological polar surface area (TPSA) is 66.6 Å². The highest BCUT2D eigenvalue weighted by atomic mass is 35.5. The lowest BCUT2D eigenvalue weighted by Crippen LogP contribution is -2.29. The maximum atomic E-state index is 11.3. The maximum absolute atomic E-state index is 11.3. The molecule has 0 aliphatic heterocycles. The lowest BCUT2D eigenvalue weighted by Gasteiger charge is -2.27. The minimum atomic E-state index is -1.01. The summed E-state index contributed by atoms with van der Waals surface area (Å²) < 4.78 is 0. The van der Waals surface area contributed by atoms with E-state index in [-0.39, 0.29) is 5.56 Å². The standard InChI is InChI=1S/C13H19ClN2O2/c1-4-16(7-8(2)3)12-10(13(17)18)5-9(15)6-11(12)14/h5-6,8H,4,7,15H2,1-3H3,(H,17,18). The fourth-order valence-electron chi connectivity index (χ4n) is 1.92. The van der Waals surface area contributed by atoms with Gasteiger partial charge in [0.1, 0.15) is 0 Å². The van der Waals surface area contributed by atoms with Crippen LogP contribution < -0.4 is 10.6 Å². The van der Waals surface area contributed by atoms with Crippen molar-refractivity contribution >= 4 is 28.9 Å². The molecule has 18 heavy (non-hydrogen) atoms. The molecule has 1 rings (SSSR count). The predicted octanol–water partition coefficient (Wildman–Crippen LogP) is 3.10. The maximum Gasteiger partial charge on any atom is 0.337 e. The molecule has 3 N–H and O–H groups in total. The molecule has 5 heteroatoms. The Morgan fingerprint density at radius 1 is 1.50 bits per heavy atom. The minimum Gasteiger partial charge on any atom is -0.478 e. The summed E-state index contributed by atoms with van der Waals surface area (Å²) in [6, 6.07) is 3.04. The van der Waals surface area contributed by atoms with Crippen LogP contribution >= 0.6 is 11.6 Å². The Bertz CT molecular complexity index is 447. The van der Waals surface area contributed by atoms with E-state index < -0.39 is 5.97 Å². The summed E-state index contributed by atoms with van der Waals surface area (Å²) in [6.45, 7) is 7.58. The zero-order valence-electron chi connectivity index (χ0n) is 10.9. The van der Waals surface area contributed by atoms with Gasteiger partial charge in [-0.2, -0.15) is 0 Å². The van der Waals surface area contributed by atoms with Crippen LogP contribution in [0.2, 0.25) is 5.02 Å². The largest absolute Gasteiger partial charge is 0.478 e. The average molecular weight is 271 g/mol. The molecule has 0 unspecified atom stereocenters. The minimum absolute atomic E-state index is 0.155. The van der Waals surface area contributed by atoms with Gasteiger partial charge in [0.05, 0.1) is 16.3 Å². The van der Waals surface area contributed by atoms with E-state index in [1.165, 1.54) is 6.07 Å². The quantitative estimate of drug-likeness (QED) is 0.807. The highest BCUT2D eigenvalue weighted by Crippen LogP contribution is 2.33. The zero-order chi connectivity index (χ0) is 13.9. The van der Waals surface area contributed by atoms with E-state index in [0.29, 0.717) is 28.9 Å². The molecular formula is C13H19ClN2O2. The van der Waals surface area contributed by atoms with E-state index >= 15 is 0 Å². The van der Waals surface area contributed by atoms with Crippen molar-refractivity contribution in [3.8, 4) is 0 Å². The summed E-state index contributed by atoms with van der Waals surface area (Å²) in [6.07, 6.45) is 0. The summed E-state index contributed by atoms with van der Waals surface area (Å²) >= 11 is 6.15. The van der Waals surface area contributed by atoms with Gasteiger partial charge in [0.2, 0.25) is 0 Å². The van der Waals surface area contributed by atoms with E-state index in [4.69, 9.17) is 17.3 Å². The molecule has 0 spiro atoms. The van der Waals surface area contributed by atoms with Gasteiger partial charge < -0.3 is 15.7 Å². The van der Waals surface area contributed by atoms with Gasteiger partial charge >= 0.3 is 5.97 Å². The lowest BCUT2D eigenvalue weighted by molar-refractivity contribution is 0.0697. The van der Waals surface area contributed by atoms with Gasteiger partial charge in [-0.05, 0) is 25.0 Å². The first-order valence-corrected chi connectivity index (χ1v) is 6.31. The third-order valence-electron chi connectivity index (χ3n) is 2.60. The number of anilines is 2. The Balaban J connectivity index is 3.31. The summed E-state index contributed by atoms with van der Waals surface area (Å²) in [5, 5.41) is 9.64. The van der Waals surface area contributed by atoms with Gasteiger partial charge in [0.25, 0.3) is 0 Å². The number of nitrogens with two attached hydrogens (primary N) is 1. The second-order valence-corrected chi connectivity index (χ2v) is 5.04. The number of hydrogen-bond acceptors (Lipinski definition) is 3. The number of hydrogen-bond donors (Lipinski definition) is 2. The van der Waals surface area contributed by atoms with Crippen molar-refractivity contribution in [2.75, 3.05) is 23.7 Å². The molecule has 0 bridgehead atoms. The number of aromatic carboxylic acids is 1. The van der Waals surface area contributed by atoms with Gasteiger partial charge in [-0.25, -0.2) is 4.79 Å². The molecule has 0 heterocycles. The van der Waals surface area contributed by atoms with Crippen molar-refractivity contribution in [1.29, 1.82) is 0 Å². The summed E-state index contributed by atoms with van der Waals surface area (Å²) in [5.74, 6) is -0.596. The number of halogens is 1. The molecule has 0 aromatic heterocycles. The summed E-state index contributed by atoms with van der Waals surface area (Å²) in [7, 11) is 0. The number of carboxylic acid groups (broad SMARTS) is 1. The number of nitrogen functional groups attached to an aromatic ring is 1. The molecule has 0 atom stereocenters. The molecule has 1 aromatic rings. The van der Waals surface area contributed by atoms with Crippen LogP contribution in [0.3, 0.4) is 0 Å². The highest BCUT2D eigenvalue weighted by Gasteiger charge is 2.20. The van der Waals surface area contributed by atoms with Crippen LogP contribution in [-0.2, 0) is 0 Å². The van der Waals surface area contributed by atoms with Crippen molar-refractivity contribution < 1.29 is 9.90 Å². The third kappa shape index (κ3) is 3.29. The van der Waals surface area contributed by atoms with E-state index in [1.807, 2.05) is 11.8 Å². The smallest absolute Gasteiger partial charge is 0.337 e. The Kier molecular flexibility index (Phi) is 4.84. The van der Waals surface area contributed by atoms with Gasteiger partial charge in [-0.1, -0.05) is 25.4 Å². The predicted molar refractivity (Wildman–Crippen MR) is 75.5 cm³/mol. The van der Waals surface area contributed by atoms with Crippen molar-refractivity contribution in [3.63, 3.8) is 0 Å². The molecule has 4 nitrogen and oxygen atoms in total. The number of rotatable bonds is 5. The number of carbonyl (C=O) groups is 1. The number of benzene rings is 1. The van der Waals surface area contributed by atoms with Crippen LogP contribution in [-0.4, -0.2) is 24.2 Å². The summed E-state index contributed by atoms with van der Waals surface area (Å²) in [5.41, 5.74) is 6.71. The normalized spacial score (nSPS) is 10.7. The van der Waals surface area contributed by atoms with Gasteiger partial charge in [-0.15, -0.1) is 0 Å². The molecule has 0 aliphatic rings. The van der Waals surface area contributed by atoms with Crippen molar-refractivity contribution in [2.24, 2.45) is 5.92 Å². The number of carboxylic acids is 1. The first kappa shape index (κ1) is 14.6. The van der Waals surface area contributed by atoms with Gasteiger partial charge in [0.15, 0.2) is 0 Å². The zero-order valence-corrected chi connectivity index (χ0v) is 11.7. The van der Waals surface area contributed by atoms with Crippen molar-refractivity contribution in [1.82, 2.24) is 0 Å². The molecule has 0 radical (unpaired) electrons. The van der Waals surface area contributed by atoms with Crippen LogP contribution in [0.25, 0.3) is 0 Å². The molecule has 0 saturated carbocycles. The number of nitrogens with zero attached hydrogens (tertiary/aromatic N) is 1. The molecule has 0 aliphatic carbocycles. The first-order chi connectivity index (χ1) is 8.36. The second kappa shape index (κ2) is 5.96. The van der Waals surface area contributed by atoms with E-state index in [9.17, 15) is 9.90 Å². The van der Waals surface area contributed by atoms with E-state index in [2.05, 4.69) is 13.8 Å². The molecule has 100 valence electrons.